The van der Waals surface area contributed by atoms with Crippen LogP contribution in [-0.2, 0) is 14.3 Å². The molecule has 0 saturated heterocycles. The molecule has 7 nitrogen and oxygen atoms in total. The summed E-state index contributed by atoms with van der Waals surface area (Å²) in [7, 11) is 1.28. The van der Waals surface area contributed by atoms with Crippen LogP contribution < -0.4 is 10.6 Å². The van der Waals surface area contributed by atoms with Crippen LogP contribution >= 0.6 is 0 Å². The van der Waals surface area contributed by atoms with Crippen molar-refractivity contribution < 1.29 is 19.1 Å². The largest absolute Gasteiger partial charge is 0.465 e. The molecule has 0 fully saturated rings. The highest BCUT2D eigenvalue weighted by Crippen LogP contribution is 2.15. The lowest BCUT2D eigenvalue weighted by Gasteiger charge is -2.19. The van der Waals surface area contributed by atoms with E-state index in [2.05, 4.69) is 15.4 Å². The Bertz CT molecular complexity index is 560. The van der Waals surface area contributed by atoms with Crippen LogP contribution in [0.3, 0.4) is 0 Å². The van der Waals surface area contributed by atoms with E-state index in [1.165, 1.54) is 7.11 Å². The molecule has 0 aliphatic heterocycles. The lowest BCUT2D eigenvalue weighted by molar-refractivity contribution is -0.123. The summed E-state index contributed by atoms with van der Waals surface area (Å²) in [6.45, 7) is 5.03. The Hall–Kier alpha value is -2.41. The minimum atomic E-state index is -0.518. The van der Waals surface area contributed by atoms with Crippen LogP contribution in [0, 0.1) is 0 Å². The van der Waals surface area contributed by atoms with Gasteiger partial charge in [-0.25, -0.2) is 4.79 Å². The van der Waals surface area contributed by atoms with Crippen LogP contribution in [0.25, 0.3) is 0 Å². The van der Waals surface area contributed by atoms with E-state index >= 15 is 0 Å². The van der Waals surface area contributed by atoms with Crippen LogP contribution in [0.4, 0.5) is 5.69 Å². The molecule has 7 heteroatoms. The van der Waals surface area contributed by atoms with Crippen LogP contribution in [0.5, 0.6) is 0 Å². The van der Waals surface area contributed by atoms with Gasteiger partial charge in [-0.1, -0.05) is 19.1 Å². The van der Waals surface area contributed by atoms with Crippen molar-refractivity contribution in [3.05, 3.63) is 29.8 Å². The molecule has 1 rings (SSSR count). The minimum absolute atomic E-state index is 0.0587. The fraction of sp³-hybridized carbons (Fsp3) is 0.438. The summed E-state index contributed by atoms with van der Waals surface area (Å²) in [4.78, 5) is 37.1. The van der Waals surface area contributed by atoms with E-state index in [1.807, 2.05) is 13.8 Å². The van der Waals surface area contributed by atoms with Gasteiger partial charge < -0.3 is 15.4 Å². The van der Waals surface area contributed by atoms with Crippen LogP contribution in [0.15, 0.2) is 24.3 Å². The Morgan fingerprint density at radius 3 is 2.35 bits per heavy atom. The predicted octanol–water partition coefficient (Wildman–Crippen LogP) is 0.870. The number of likely N-dealkylation sites (N-methyl/N-ethyl adjacent to an activating group) is 2. The number of benzene rings is 1. The van der Waals surface area contributed by atoms with Crippen LogP contribution in [0.2, 0.25) is 0 Å². The molecule has 0 aliphatic rings. The first-order valence-corrected chi connectivity index (χ1v) is 7.48. The van der Waals surface area contributed by atoms with Crippen molar-refractivity contribution >= 4 is 23.5 Å². The van der Waals surface area contributed by atoms with Crippen molar-refractivity contribution in [3.8, 4) is 0 Å². The summed E-state index contributed by atoms with van der Waals surface area (Å²) < 4.78 is 4.69. The van der Waals surface area contributed by atoms with Crippen molar-refractivity contribution in [1.29, 1.82) is 0 Å². The number of amides is 2. The van der Waals surface area contributed by atoms with E-state index in [0.29, 0.717) is 18.8 Å². The maximum Gasteiger partial charge on any atom is 0.339 e. The highest BCUT2D eigenvalue weighted by molar-refractivity contribution is 6.01. The van der Waals surface area contributed by atoms with Crippen molar-refractivity contribution in [1.82, 2.24) is 10.2 Å². The van der Waals surface area contributed by atoms with E-state index in [0.717, 1.165) is 0 Å². The average molecular weight is 321 g/mol. The SMILES string of the molecule is CCNC(=O)CN(CC)CC(=O)Nc1ccccc1C(=O)OC. The molecule has 0 bridgehead atoms. The second-order valence-electron chi connectivity index (χ2n) is 4.84. The second-order valence-corrected chi connectivity index (χ2v) is 4.84. The average Bonchev–Trinajstić information content (AvgIpc) is 2.54. The van der Waals surface area contributed by atoms with Gasteiger partial charge in [-0.15, -0.1) is 0 Å². The normalized spacial score (nSPS) is 10.3. The number of anilines is 1. The zero-order valence-electron chi connectivity index (χ0n) is 13.7. The highest BCUT2D eigenvalue weighted by Gasteiger charge is 2.16. The Kier molecular flexibility index (Phi) is 7.76. The van der Waals surface area contributed by atoms with Gasteiger partial charge in [0.1, 0.15) is 0 Å². The molecule has 2 amide bonds. The molecular formula is C16H23N3O4. The first kappa shape index (κ1) is 18.6. The number of rotatable bonds is 8. The topological polar surface area (TPSA) is 87.7 Å². The number of carbonyl (C=O) groups excluding carboxylic acids is 3. The number of hydrogen-bond donors (Lipinski definition) is 2. The highest BCUT2D eigenvalue weighted by atomic mass is 16.5. The Balaban J connectivity index is 2.69. The molecule has 2 N–H and O–H groups in total. The fourth-order valence-electron chi connectivity index (χ4n) is 2.01. The van der Waals surface area contributed by atoms with E-state index in [4.69, 9.17) is 0 Å². The summed E-state index contributed by atoms with van der Waals surface area (Å²) in [5.74, 6) is -0.944. The van der Waals surface area contributed by atoms with Crippen LogP contribution in [0.1, 0.15) is 24.2 Å². The number of nitrogens with zero attached hydrogens (tertiary/aromatic N) is 1. The van der Waals surface area contributed by atoms with Crippen molar-refractivity contribution in [2.24, 2.45) is 0 Å². The molecule has 0 radical (unpaired) electrons. The number of para-hydroxylation sites is 1. The zero-order chi connectivity index (χ0) is 17.2. The molecule has 0 spiro atoms. The lowest BCUT2D eigenvalue weighted by atomic mass is 10.2. The van der Waals surface area contributed by atoms with Gasteiger partial charge in [0.05, 0.1) is 31.5 Å². The van der Waals surface area contributed by atoms with Gasteiger partial charge in [-0.2, -0.15) is 0 Å². The first-order chi connectivity index (χ1) is 11.0. The first-order valence-electron chi connectivity index (χ1n) is 7.48. The van der Waals surface area contributed by atoms with Gasteiger partial charge in [0.2, 0.25) is 11.8 Å². The quantitative estimate of drug-likeness (QED) is 0.694. The Morgan fingerprint density at radius 1 is 1.09 bits per heavy atom. The van der Waals surface area contributed by atoms with E-state index in [9.17, 15) is 14.4 Å². The molecular weight excluding hydrogens is 298 g/mol. The summed E-state index contributed by atoms with van der Waals surface area (Å²) in [6.07, 6.45) is 0. The predicted molar refractivity (Wildman–Crippen MR) is 87.2 cm³/mol. The fourth-order valence-corrected chi connectivity index (χ4v) is 2.01. The van der Waals surface area contributed by atoms with Crippen LogP contribution in [-0.4, -0.2) is 56.0 Å². The van der Waals surface area contributed by atoms with E-state index in [-0.39, 0.29) is 30.5 Å². The third-order valence-electron chi connectivity index (χ3n) is 3.16. The second kappa shape index (κ2) is 9.58. The molecule has 23 heavy (non-hydrogen) atoms. The van der Waals surface area contributed by atoms with Crippen molar-refractivity contribution in [2.75, 3.05) is 38.6 Å². The Labute approximate surface area is 136 Å². The molecule has 1 aromatic carbocycles. The lowest BCUT2D eigenvalue weighted by Crippen LogP contribution is -2.41. The van der Waals surface area contributed by atoms with E-state index < -0.39 is 5.97 Å². The number of carbonyl (C=O) groups is 3. The standard InChI is InChI=1S/C16H23N3O4/c1-4-17-14(20)10-19(5-2)11-15(21)18-13-9-7-6-8-12(13)16(22)23-3/h6-9H,4-5,10-11H2,1-3H3,(H,17,20)(H,18,21). The molecule has 0 heterocycles. The number of esters is 1. The molecule has 0 aliphatic carbocycles. The van der Waals surface area contributed by atoms with E-state index in [1.54, 1.807) is 29.2 Å². The number of methoxy groups -OCH3 is 1. The third-order valence-corrected chi connectivity index (χ3v) is 3.16. The molecule has 126 valence electrons. The van der Waals surface area contributed by atoms with Gasteiger partial charge in [0.25, 0.3) is 0 Å². The molecule has 0 saturated carbocycles. The van der Waals surface area contributed by atoms with Gasteiger partial charge in [0, 0.05) is 6.54 Å². The molecule has 1 aromatic rings. The number of hydrogen-bond acceptors (Lipinski definition) is 5. The van der Waals surface area contributed by atoms with Gasteiger partial charge >= 0.3 is 5.97 Å². The zero-order valence-corrected chi connectivity index (χ0v) is 13.7. The summed E-state index contributed by atoms with van der Waals surface area (Å²) in [5.41, 5.74) is 0.675. The summed E-state index contributed by atoms with van der Waals surface area (Å²) in [5, 5.41) is 5.37. The van der Waals surface area contributed by atoms with Gasteiger partial charge in [-0.05, 0) is 25.6 Å². The monoisotopic (exact) mass is 321 g/mol. The number of ether oxygens (including phenoxy) is 1. The smallest absolute Gasteiger partial charge is 0.339 e. The Morgan fingerprint density at radius 2 is 1.74 bits per heavy atom. The summed E-state index contributed by atoms with van der Waals surface area (Å²) >= 11 is 0. The molecule has 0 unspecified atom stereocenters. The van der Waals surface area contributed by atoms with Gasteiger partial charge in [-0.3, -0.25) is 14.5 Å². The van der Waals surface area contributed by atoms with Crippen molar-refractivity contribution in [2.45, 2.75) is 13.8 Å². The maximum absolute atomic E-state index is 12.1. The molecule has 0 aromatic heterocycles. The van der Waals surface area contributed by atoms with Gasteiger partial charge in [0.15, 0.2) is 0 Å². The maximum atomic E-state index is 12.1. The minimum Gasteiger partial charge on any atom is -0.465 e. The van der Waals surface area contributed by atoms with Crippen molar-refractivity contribution in [3.63, 3.8) is 0 Å². The summed E-state index contributed by atoms with van der Waals surface area (Å²) in [6, 6.07) is 6.61. The molecule has 0 atom stereocenters. The number of nitrogens with one attached hydrogen (secondary N) is 2. The third kappa shape index (κ3) is 6.07.